The number of fused-ring (bicyclic) bond motifs is 1. The first-order chi connectivity index (χ1) is 13.3. The quantitative estimate of drug-likeness (QED) is 0.682. The lowest BCUT2D eigenvalue weighted by molar-refractivity contribution is -0.159. The predicted molar refractivity (Wildman–Crippen MR) is 106 cm³/mol. The maximum Gasteiger partial charge on any atom is 0.414 e. The van der Waals surface area contributed by atoms with Gasteiger partial charge in [-0.05, 0) is 69.2 Å². The number of benzene rings is 1. The third-order valence-corrected chi connectivity index (χ3v) is 5.58. The van der Waals surface area contributed by atoms with Crippen molar-refractivity contribution >= 4 is 23.5 Å². The summed E-state index contributed by atoms with van der Waals surface area (Å²) < 4.78 is 0. The number of hydrogen-bond donors (Lipinski definition) is 3. The first-order valence-corrected chi connectivity index (χ1v) is 9.85. The van der Waals surface area contributed by atoms with E-state index < -0.39 is 11.9 Å². The maximum absolute atomic E-state index is 12.3. The average Bonchev–Trinajstić information content (AvgIpc) is 3.13. The summed E-state index contributed by atoms with van der Waals surface area (Å²) in [5.41, 5.74) is 3.28. The third kappa shape index (κ3) is 6.34. The molecule has 1 aliphatic carbocycles. The van der Waals surface area contributed by atoms with Crippen molar-refractivity contribution in [2.45, 2.75) is 58.4 Å². The van der Waals surface area contributed by atoms with Crippen molar-refractivity contribution in [2.75, 3.05) is 18.4 Å². The molecule has 0 radical (unpaired) electrons. The normalized spacial score (nSPS) is 21.2. The van der Waals surface area contributed by atoms with Crippen molar-refractivity contribution in [3.8, 4) is 0 Å². The van der Waals surface area contributed by atoms with E-state index >= 15 is 0 Å². The molecule has 1 saturated heterocycles. The van der Waals surface area contributed by atoms with E-state index in [1.165, 1.54) is 44.2 Å². The van der Waals surface area contributed by atoms with E-state index in [-0.39, 0.29) is 5.91 Å². The lowest BCUT2D eigenvalue weighted by Crippen LogP contribution is -2.43. The number of anilines is 1. The van der Waals surface area contributed by atoms with E-state index in [1.807, 2.05) is 6.92 Å². The number of carbonyl (C=O) groups is 3. The summed E-state index contributed by atoms with van der Waals surface area (Å²) in [6.45, 7) is 6.20. The first-order valence-electron chi connectivity index (χ1n) is 9.85. The molecule has 3 N–H and O–H groups in total. The molecular formula is C21H30N2O5. The largest absolute Gasteiger partial charge is 0.473 e. The number of nitrogens with zero attached hydrogens (tertiary/aromatic N) is 1. The molecule has 0 bridgehead atoms. The number of amides is 1. The summed E-state index contributed by atoms with van der Waals surface area (Å²) in [6.07, 6.45) is 7.42. The Bertz CT molecular complexity index is 707. The zero-order valence-corrected chi connectivity index (χ0v) is 16.6. The Morgan fingerprint density at radius 3 is 2.43 bits per heavy atom. The average molecular weight is 390 g/mol. The van der Waals surface area contributed by atoms with Crippen LogP contribution in [0.15, 0.2) is 18.2 Å². The van der Waals surface area contributed by atoms with Crippen LogP contribution in [0.2, 0.25) is 0 Å². The van der Waals surface area contributed by atoms with Gasteiger partial charge in [-0.2, -0.15) is 0 Å². The van der Waals surface area contributed by atoms with E-state index in [0.29, 0.717) is 6.42 Å². The highest BCUT2D eigenvalue weighted by Gasteiger charge is 2.34. The molecule has 7 heteroatoms. The Morgan fingerprint density at radius 1 is 1.07 bits per heavy atom. The zero-order chi connectivity index (χ0) is 20.7. The van der Waals surface area contributed by atoms with Gasteiger partial charge < -0.3 is 15.5 Å². The molecule has 1 amide bonds. The van der Waals surface area contributed by atoms with E-state index in [1.54, 1.807) is 0 Å². The van der Waals surface area contributed by atoms with E-state index in [0.717, 1.165) is 29.8 Å². The third-order valence-electron chi connectivity index (χ3n) is 5.58. The summed E-state index contributed by atoms with van der Waals surface area (Å²) in [5, 5.41) is 17.9. The minimum absolute atomic E-state index is 0.147. The minimum Gasteiger partial charge on any atom is -0.473 e. The summed E-state index contributed by atoms with van der Waals surface area (Å²) in [7, 11) is 0. The van der Waals surface area contributed by atoms with Gasteiger partial charge in [0.05, 0.1) is 0 Å². The highest BCUT2D eigenvalue weighted by atomic mass is 16.4. The molecule has 1 heterocycles. The van der Waals surface area contributed by atoms with Crippen LogP contribution in [0.5, 0.6) is 0 Å². The highest BCUT2D eigenvalue weighted by Crippen LogP contribution is 2.36. The van der Waals surface area contributed by atoms with Crippen LogP contribution < -0.4 is 5.32 Å². The smallest absolute Gasteiger partial charge is 0.414 e. The molecule has 2 fully saturated rings. The lowest BCUT2D eigenvalue weighted by Gasteiger charge is -2.37. The Hall–Kier alpha value is -2.41. The molecule has 1 aliphatic heterocycles. The van der Waals surface area contributed by atoms with E-state index in [2.05, 4.69) is 35.3 Å². The molecule has 7 nitrogen and oxygen atoms in total. The van der Waals surface area contributed by atoms with Crippen LogP contribution >= 0.6 is 0 Å². The second-order valence-corrected chi connectivity index (χ2v) is 7.66. The zero-order valence-electron chi connectivity index (χ0n) is 16.6. The molecular weight excluding hydrogens is 360 g/mol. The highest BCUT2D eigenvalue weighted by molar-refractivity contribution is 6.27. The van der Waals surface area contributed by atoms with Crippen molar-refractivity contribution in [1.29, 1.82) is 0 Å². The number of carboxylic acids is 2. The fraction of sp³-hybridized carbons (Fsp3) is 0.571. The molecule has 28 heavy (non-hydrogen) atoms. The van der Waals surface area contributed by atoms with E-state index in [9.17, 15) is 4.79 Å². The fourth-order valence-corrected chi connectivity index (χ4v) is 4.16. The number of aliphatic carboxylic acids is 2. The van der Waals surface area contributed by atoms with Gasteiger partial charge in [0, 0.05) is 24.7 Å². The van der Waals surface area contributed by atoms with Gasteiger partial charge in [-0.1, -0.05) is 18.6 Å². The van der Waals surface area contributed by atoms with Gasteiger partial charge in [0.2, 0.25) is 5.91 Å². The Balaban J connectivity index is 0.000000409. The molecule has 2 atom stereocenters. The molecule has 154 valence electrons. The molecule has 2 aliphatic rings. The van der Waals surface area contributed by atoms with Gasteiger partial charge in [0.25, 0.3) is 0 Å². The standard InChI is InChI=1S/C19H28N2O.C2H2O4/c1-14-8-9-15(2)17(13-14)20-19(22)10-12-21-11-4-6-16-5-3-7-18(16)21;3-1(4)2(5)6/h8-9,13,16,18H,3-7,10-12H2,1-2H3,(H,20,22);(H,3,4)(H,5,6). The predicted octanol–water partition coefficient (Wildman–Crippen LogP) is 3.05. The van der Waals surface area contributed by atoms with Crippen LogP contribution in [0.4, 0.5) is 5.69 Å². The Morgan fingerprint density at radius 2 is 1.75 bits per heavy atom. The number of piperidine rings is 1. The van der Waals surface area contributed by atoms with Crippen molar-refractivity contribution in [2.24, 2.45) is 5.92 Å². The fourth-order valence-electron chi connectivity index (χ4n) is 4.16. The first kappa shape index (κ1) is 21.9. The number of rotatable bonds is 4. The topological polar surface area (TPSA) is 107 Å². The minimum atomic E-state index is -1.82. The van der Waals surface area contributed by atoms with Gasteiger partial charge in [-0.25, -0.2) is 9.59 Å². The second-order valence-electron chi connectivity index (χ2n) is 7.66. The maximum atomic E-state index is 12.3. The number of nitrogens with one attached hydrogen (secondary N) is 1. The Labute approximate surface area is 165 Å². The number of likely N-dealkylation sites (tertiary alicyclic amines) is 1. The summed E-state index contributed by atoms with van der Waals surface area (Å²) >= 11 is 0. The number of carbonyl (C=O) groups excluding carboxylic acids is 1. The van der Waals surface area contributed by atoms with Crippen LogP contribution in [0, 0.1) is 19.8 Å². The number of carboxylic acid groups (broad SMARTS) is 2. The number of aryl methyl sites for hydroxylation is 2. The molecule has 1 aromatic carbocycles. The summed E-state index contributed by atoms with van der Waals surface area (Å²) in [5.74, 6) is -2.60. The monoisotopic (exact) mass is 390 g/mol. The van der Waals surface area contributed by atoms with Gasteiger partial charge in [0.1, 0.15) is 0 Å². The summed E-state index contributed by atoms with van der Waals surface area (Å²) in [4.78, 5) is 33.0. The molecule has 0 spiro atoms. The van der Waals surface area contributed by atoms with Crippen LogP contribution in [0.25, 0.3) is 0 Å². The SMILES string of the molecule is Cc1ccc(C)c(NC(=O)CCN2CCCC3CCCC32)c1.O=C(O)C(=O)O. The van der Waals surface area contributed by atoms with Crippen molar-refractivity contribution in [1.82, 2.24) is 4.90 Å². The second kappa shape index (κ2) is 10.2. The van der Waals surface area contributed by atoms with Gasteiger partial charge in [-0.3, -0.25) is 9.69 Å². The van der Waals surface area contributed by atoms with Gasteiger partial charge >= 0.3 is 11.9 Å². The van der Waals surface area contributed by atoms with Crippen molar-refractivity contribution in [3.05, 3.63) is 29.3 Å². The number of hydrogen-bond acceptors (Lipinski definition) is 4. The van der Waals surface area contributed by atoms with Crippen LogP contribution in [0.1, 0.15) is 49.7 Å². The Kier molecular flexibility index (Phi) is 7.99. The molecule has 0 aromatic heterocycles. The van der Waals surface area contributed by atoms with Gasteiger partial charge in [-0.15, -0.1) is 0 Å². The van der Waals surface area contributed by atoms with Crippen molar-refractivity contribution in [3.63, 3.8) is 0 Å². The van der Waals surface area contributed by atoms with Crippen LogP contribution in [-0.4, -0.2) is 52.1 Å². The summed E-state index contributed by atoms with van der Waals surface area (Å²) in [6, 6.07) is 6.96. The molecule has 1 aromatic rings. The van der Waals surface area contributed by atoms with Crippen molar-refractivity contribution < 1.29 is 24.6 Å². The molecule has 1 saturated carbocycles. The molecule has 2 unspecified atom stereocenters. The van der Waals surface area contributed by atoms with E-state index in [4.69, 9.17) is 19.8 Å². The lowest BCUT2D eigenvalue weighted by atomic mass is 9.92. The van der Waals surface area contributed by atoms with Crippen LogP contribution in [0.3, 0.4) is 0 Å². The van der Waals surface area contributed by atoms with Gasteiger partial charge in [0.15, 0.2) is 0 Å². The molecule has 3 rings (SSSR count). The van der Waals surface area contributed by atoms with Crippen LogP contribution in [-0.2, 0) is 14.4 Å².